The Kier molecular flexibility index (Phi) is 2.75. The number of para-hydroxylation sites is 1. The van der Waals surface area contributed by atoms with Crippen LogP contribution < -0.4 is 11.1 Å². The van der Waals surface area contributed by atoms with Crippen LogP contribution in [0.3, 0.4) is 0 Å². The number of hydrogen-bond donors (Lipinski definition) is 2. The van der Waals surface area contributed by atoms with E-state index >= 15 is 0 Å². The number of nitrogens with zero attached hydrogens (tertiary/aromatic N) is 4. The molecule has 4 aromatic rings. The van der Waals surface area contributed by atoms with E-state index in [1.165, 1.54) is 0 Å². The Labute approximate surface area is 127 Å². The number of anilines is 2. The number of aryl methyl sites for hydroxylation is 1. The molecule has 0 radical (unpaired) electrons. The van der Waals surface area contributed by atoms with Gasteiger partial charge >= 0.3 is 0 Å². The molecule has 3 aromatic heterocycles. The van der Waals surface area contributed by atoms with Crippen LogP contribution in [0.2, 0.25) is 0 Å². The average Bonchev–Trinajstić information content (AvgIpc) is 3.07. The molecule has 0 saturated heterocycles. The van der Waals surface area contributed by atoms with E-state index in [2.05, 4.69) is 15.3 Å². The van der Waals surface area contributed by atoms with Crippen LogP contribution in [0.15, 0.2) is 48.8 Å². The molecule has 4 rings (SSSR count). The molecule has 0 unspecified atom stereocenters. The molecule has 0 aliphatic carbocycles. The molecule has 0 saturated carbocycles. The van der Waals surface area contributed by atoms with Crippen molar-refractivity contribution in [3.63, 3.8) is 0 Å². The number of benzene rings is 1. The van der Waals surface area contributed by atoms with Gasteiger partial charge in [0.1, 0.15) is 11.2 Å². The quantitative estimate of drug-likeness (QED) is 0.608. The Bertz CT molecular complexity index is 932. The molecule has 3 heterocycles. The van der Waals surface area contributed by atoms with E-state index in [9.17, 15) is 0 Å². The summed E-state index contributed by atoms with van der Waals surface area (Å²) in [5.41, 5.74) is 10.7. The molecule has 110 valence electrons. The standard InChI is InChI=1S/C16H16N6/c1-21-13-6-4-5-12(15(13)20-16(21)17)18-9-11-10-22-8-3-2-7-14(22)19-11/h2-8,10,18H,9H2,1H3,(H2,17,20). The smallest absolute Gasteiger partial charge is 0.201 e. The fraction of sp³-hybridized carbons (Fsp3) is 0.125. The molecular formula is C16H16N6. The minimum absolute atomic E-state index is 0.511. The average molecular weight is 292 g/mol. The van der Waals surface area contributed by atoms with E-state index in [0.717, 1.165) is 28.1 Å². The number of fused-ring (bicyclic) bond motifs is 2. The highest BCUT2D eigenvalue weighted by Gasteiger charge is 2.09. The predicted molar refractivity (Wildman–Crippen MR) is 87.6 cm³/mol. The maximum absolute atomic E-state index is 5.89. The third-order valence-electron chi connectivity index (χ3n) is 3.82. The summed E-state index contributed by atoms with van der Waals surface area (Å²) in [5.74, 6) is 0.511. The number of aromatic nitrogens is 4. The largest absolute Gasteiger partial charge is 0.378 e. The second-order valence-electron chi connectivity index (χ2n) is 5.25. The van der Waals surface area contributed by atoms with Crippen LogP contribution in [-0.4, -0.2) is 18.9 Å². The van der Waals surface area contributed by atoms with Crippen molar-refractivity contribution in [3.8, 4) is 0 Å². The Morgan fingerprint density at radius 1 is 1.14 bits per heavy atom. The van der Waals surface area contributed by atoms with Gasteiger partial charge in [0.2, 0.25) is 5.95 Å². The highest BCUT2D eigenvalue weighted by atomic mass is 15.1. The van der Waals surface area contributed by atoms with Gasteiger partial charge < -0.3 is 20.0 Å². The van der Waals surface area contributed by atoms with Gasteiger partial charge in [-0.05, 0) is 24.3 Å². The number of nitrogens with two attached hydrogens (primary N) is 1. The Balaban J connectivity index is 1.65. The molecular weight excluding hydrogens is 276 g/mol. The SMILES string of the molecule is Cn1c(N)nc2c(NCc3cn4ccccc4n3)cccc21. The summed E-state index contributed by atoms with van der Waals surface area (Å²) >= 11 is 0. The molecule has 0 spiro atoms. The summed E-state index contributed by atoms with van der Waals surface area (Å²) < 4.78 is 3.89. The molecule has 0 amide bonds. The molecule has 3 N–H and O–H groups in total. The summed E-state index contributed by atoms with van der Waals surface area (Å²) in [5, 5.41) is 3.40. The van der Waals surface area contributed by atoms with Gasteiger partial charge in [-0.2, -0.15) is 0 Å². The molecule has 0 atom stereocenters. The van der Waals surface area contributed by atoms with Gasteiger partial charge in [0.05, 0.1) is 23.4 Å². The molecule has 0 fully saturated rings. The highest BCUT2D eigenvalue weighted by Crippen LogP contribution is 2.24. The van der Waals surface area contributed by atoms with E-state index in [1.807, 2.05) is 64.8 Å². The van der Waals surface area contributed by atoms with Crippen LogP contribution in [0.5, 0.6) is 0 Å². The molecule has 6 nitrogen and oxygen atoms in total. The topological polar surface area (TPSA) is 73.2 Å². The number of pyridine rings is 1. The van der Waals surface area contributed by atoms with Gasteiger partial charge in [-0.15, -0.1) is 0 Å². The number of nitrogens with one attached hydrogen (secondary N) is 1. The van der Waals surface area contributed by atoms with Crippen molar-refractivity contribution in [2.75, 3.05) is 11.1 Å². The summed E-state index contributed by atoms with van der Waals surface area (Å²) in [6.45, 7) is 0.636. The molecule has 6 heteroatoms. The first-order valence-electron chi connectivity index (χ1n) is 7.10. The lowest BCUT2D eigenvalue weighted by atomic mass is 10.2. The molecule has 1 aromatic carbocycles. The van der Waals surface area contributed by atoms with E-state index in [0.29, 0.717) is 12.5 Å². The van der Waals surface area contributed by atoms with Gasteiger partial charge in [0, 0.05) is 19.4 Å². The van der Waals surface area contributed by atoms with Crippen LogP contribution in [0, 0.1) is 0 Å². The second kappa shape index (κ2) is 4.77. The van der Waals surface area contributed by atoms with Crippen LogP contribution in [0.4, 0.5) is 11.6 Å². The molecule has 0 bridgehead atoms. The van der Waals surface area contributed by atoms with Crippen molar-refractivity contribution in [3.05, 3.63) is 54.5 Å². The first kappa shape index (κ1) is 12.7. The third-order valence-corrected chi connectivity index (χ3v) is 3.82. The molecule has 22 heavy (non-hydrogen) atoms. The number of rotatable bonds is 3. The molecule has 0 aliphatic heterocycles. The number of hydrogen-bond acceptors (Lipinski definition) is 4. The Morgan fingerprint density at radius 2 is 2.05 bits per heavy atom. The van der Waals surface area contributed by atoms with Gasteiger partial charge in [-0.3, -0.25) is 0 Å². The van der Waals surface area contributed by atoms with Crippen molar-refractivity contribution < 1.29 is 0 Å². The minimum atomic E-state index is 0.511. The third kappa shape index (κ3) is 1.96. The Hall–Kier alpha value is -3.02. The summed E-state index contributed by atoms with van der Waals surface area (Å²) in [6, 6.07) is 12.0. The second-order valence-corrected chi connectivity index (χ2v) is 5.25. The van der Waals surface area contributed by atoms with Gasteiger partial charge in [0.25, 0.3) is 0 Å². The van der Waals surface area contributed by atoms with Gasteiger partial charge in [-0.25, -0.2) is 9.97 Å². The van der Waals surface area contributed by atoms with Crippen molar-refractivity contribution in [1.29, 1.82) is 0 Å². The van der Waals surface area contributed by atoms with E-state index in [4.69, 9.17) is 5.73 Å². The van der Waals surface area contributed by atoms with Crippen molar-refractivity contribution >= 4 is 28.3 Å². The lowest BCUT2D eigenvalue weighted by molar-refractivity contribution is 0.965. The van der Waals surface area contributed by atoms with Crippen LogP contribution in [-0.2, 0) is 13.6 Å². The lowest BCUT2D eigenvalue weighted by Gasteiger charge is -2.05. The fourth-order valence-corrected chi connectivity index (χ4v) is 2.63. The van der Waals surface area contributed by atoms with Crippen molar-refractivity contribution in [1.82, 2.24) is 18.9 Å². The fourth-order valence-electron chi connectivity index (χ4n) is 2.63. The van der Waals surface area contributed by atoms with Crippen LogP contribution in [0.25, 0.3) is 16.7 Å². The Morgan fingerprint density at radius 3 is 2.91 bits per heavy atom. The molecule has 0 aliphatic rings. The zero-order valence-corrected chi connectivity index (χ0v) is 12.2. The maximum atomic E-state index is 5.89. The van der Waals surface area contributed by atoms with Gasteiger partial charge in [-0.1, -0.05) is 12.1 Å². The summed E-state index contributed by atoms with van der Waals surface area (Å²) in [4.78, 5) is 9.00. The summed E-state index contributed by atoms with van der Waals surface area (Å²) in [6.07, 6.45) is 4.02. The van der Waals surface area contributed by atoms with E-state index in [-0.39, 0.29) is 0 Å². The number of imidazole rings is 2. The summed E-state index contributed by atoms with van der Waals surface area (Å²) in [7, 11) is 1.91. The van der Waals surface area contributed by atoms with Gasteiger partial charge in [0.15, 0.2) is 0 Å². The van der Waals surface area contributed by atoms with Crippen molar-refractivity contribution in [2.24, 2.45) is 7.05 Å². The van der Waals surface area contributed by atoms with E-state index in [1.54, 1.807) is 0 Å². The van der Waals surface area contributed by atoms with E-state index < -0.39 is 0 Å². The highest BCUT2D eigenvalue weighted by molar-refractivity contribution is 5.90. The minimum Gasteiger partial charge on any atom is -0.378 e. The van der Waals surface area contributed by atoms with Crippen LogP contribution >= 0.6 is 0 Å². The monoisotopic (exact) mass is 292 g/mol. The normalized spacial score (nSPS) is 11.3. The zero-order valence-electron chi connectivity index (χ0n) is 12.2. The zero-order chi connectivity index (χ0) is 15.1. The number of nitrogen functional groups attached to an aromatic ring is 1. The predicted octanol–water partition coefficient (Wildman–Crippen LogP) is 2.42. The maximum Gasteiger partial charge on any atom is 0.201 e. The van der Waals surface area contributed by atoms with Crippen LogP contribution in [0.1, 0.15) is 5.69 Å². The lowest BCUT2D eigenvalue weighted by Crippen LogP contribution is -2.00. The van der Waals surface area contributed by atoms with Crippen molar-refractivity contribution in [2.45, 2.75) is 6.54 Å². The first-order chi connectivity index (χ1) is 10.7. The first-order valence-corrected chi connectivity index (χ1v) is 7.10.